The number of carbonyl (C=O) groups excluding carboxylic acids is 1. The van der Waals surface area contributed by atoms with E-state index in [0.29, 0.717) is 12.3 Å². The van der Waals surface area contributed by atoms with E-state index in [1.165, 1.54) is 0 Å². The molecule has 0 saturated carbocycles. The molecule has 1 aromatic heterocycles. The van der Waals surface area contributed by atoms with Gasteiger partial charge in [-0.1, -0.05) is 18.2 Å². The number of H-pyrrole nitrogens is 1. The number of ether oxygens (including phenoxy) is 1. The molecular formula is C18H18N2O2. The highest BCUT2D eigenvalue weighted by molar-refractivity contribution is 6.07. The van der Waals surface area contributed by atoms with Crippen LogP contribution >= 0.6 is 0 Å². The van der Waals surface area contributed by atoms with Gasteiger partial charge in [-0.25, -0.2) is 0 Å². The van der Waals surface area contributed by atoms with Gasteiger partial charge in [-0.3, -0.25) is 4.79 Å². The summed E-state index contributed by atoms with van der Waals surface area (Å²) in [6, 6.07) is 15.3. The summed E-state index contributed by atoms with van der Waals surface area (Å²) >= 11 is 0. The highest BCUT2D eigenvalue weighted by Gasteiger charge is 2.14. The zero-order chi connectivity index (χ0) is 15.5. The SMILES string of the molecule is CCOc1ccc(NC(=O)c2[nH]c3ccccc3c2C)cc1. The third-order valence-electron chi connectivity index (χ3n) is 3.62. The van der Waals surface area contributed by atoms with E-state index in [4.69, 9.17) is 4.74 Å². The number of benzene rings is 2. The lowest BCUT2D eigenvalue weighted by molar-refractivity contribution is 0.102. The summed E-state index contributed by atoms with van der Waals surface area (Å²) in [5.74, 6) is 0.653. The lowest BCUT2D eigenvalue weighted by atomic mass is 10.1. The molecule has 4 nitrogen and oxygen atoms in total. The lowest BCUT2D eigenvalue weighted by Gasteiger charge is -2.07. The Bertz CT molecular complexity index is 804. The molecule has 0 radical (unpaired) electrons. The fourth-order valence-electron chi connectivity index (χ4n) is 2.50. The molecule has 2 N–H and O–H groups in total. The second kappa shape index (κ2) is 5.93. The Morgan fingerprint density at radius 1 is 1.14 bits per heavy atom. The first kappa shape index (κ1) is 14.2. The van der Waals surface area contributed by atoms with Gasteiger partial charge >= 0.3 is 0 Å². The number of hydrogen-bond acceptors (Lipinski definition) is 2. The Morgan fingerprint density at radius 2 is 1.86 bits per heavy atom. The number of aromatic amines is 1. The third kappa shape index (κ3) is 2.68. The maximum atomic E-state index is 12.4. The molecule has 0 aliphatic heterocycles. The van der Waals surface area contributed by atoms with Crippen LogP contribution in [0.4, 0.5) is 5.69 Å². The highest BCUT2D eigenvalue weighted by Crippen LogP contribution is 2.22. The molecule has 0 fully saturated rings. The minimum absolute atomic E-state index is 0.141. The molecule has 0 bridgehead atoms. The number of rotatable bonds is 4. The monoisotopic (exact) mass is 294 g/mol. The number of aryl methyl sites for hydroxylation is 1. The molecule has 112 valence electrons. The van der Waals surface area contributed by atoms with Crippen molar-refractivity contribution in [3.8, 4) is 5.75 Å². The van der Waals surface area contributed by atoms with Crippen LogP contribution in [0.5, 0.6) is 5.75 Å². The van der Waals surface area contributed by atoms with Crippen molar-refractivity contribution in [2.75, 3.05) is 11.9 Å². The number of nitrogens with one attached hydrogen (secondary N) is 2. The minimum atomic E-state index is -0.141. The van der Waals surface area contributed by atoms with E-state index in [1.807, 2.05) is 62.4 Å². The Balaban J connectivity index is 1.82. The number of amides is 1. The number of anilines is 1. The van der Waals surface area contributed by atoms with Crippen LogP contribution in [-0.4, -0.2) is 17.5 Å². The fourth-order valence-corrected chi connectivity index (χ4v) is 2.50. The molecule has 3 rings (SSSR count). The highest BCUT2D eigenvalue weighted by atomic mass is 16.5. The van der Waals surface area contributed by atoms with Gasteiger partial charge in [-0.2, -0.15) is 0 Å². The zero-order valence-corrected chi connectivity index (χ0v) is 12.6. The molecule has 1 heterocycles. The average Bonchev–Trinajstić information content (AvgIpc) is 2.87. The molecule has 0 unspecified atom stereocenters. The zero-order valence-electron chi connectivity index (χ0n) is 12.6. The van der Waals surface area contributed by atoms with Crippen LogP contribution in [0, 0.1) is 6.92 Å². The molecule has 3 aromatic rings. The predicted molar refractivity (Wildman–Crippen MR) is 88.6 cm³/mol. The third-order valence-corrected chi connectivity index (χ3v) is 3.62. The molecule has 4 heteroatoms. The number of carbonyl (C=O) groups is 1. The van der Waals surface area contributed by atoms with Gasteiger partial charge in [0.2, 0.25) is 0 Å². The van der Waals surface area contributed by atoms with Crippen molar-refractivity contribution in [3.05, 3.63) is 59.8 Å². The summed E-state index contributed by atoms with van der Waals surface area (Å²) in [7, 11) is 0. The van der Waals surface area contributed by atoms with E-state index in [9.17, 15) is 4.79 Å². The summed E-state index contributed by atoms with van der Waals surface area (Å²) in [6.07, 6.45) is 0. The van der Waals surface area contributed by atoms with Crippen LogP contribution < -0.4 is 10.1 Å². The van der Waals surface area contributed by atoms with Gasteiger partial charge < -0.3 is 15.0 Å². The largest absolute Gasteiger partial charge is 0.494 e. The first-order chi connectivity index (χ1) is 10.7. The molecule has 0 atom stereocenters. The van der Waals surface area contributed by atoms with Crippen molar-refractivity contribution >= 4 is 22.5 Å². The van der Waals surface area contributed by atoms with E-state index in [-0.39, 0.29) is 5.91 Å². The van der Waals surface area contributed by atoms with Gasteiger partial charge in [0, 0.05) is 16.6 Å². The van der Waals surface area contributed by atoms with Crippen molar-refractivity contribution in [2.24, 2.45) is 0 Å². The summed E-state index contributed by atoms with van der Waals surface area (Å²) in [5.41, 5.74) is 3.26. The number of hydrogen-bond donors (Lipinski definition) is 2. The Kier molecular flexibility index (Phi) is 3.83. The van der Waals surface area contributed by atoms with Crippen molar-refractivity contribution in [2.45, 2.75) is 13.8 Å². The molecule has 2 aromatic carbocycles. The molecule has 1 amide bonds. The molecule has 0 spiro atoms. The number of para-hydroxylation sites is 1. The average molecular weight is 294 g/mol. The maximum absolute atomic E-state index is 12.4. The number of aromatic nitrogens is 1. The van der Waals surface area contributed by atoms with Gasteiger partial charge in [0.1, 0.15) is 11.4 Å². The van der Waals surface area contributed by atoms with Gasteiger partial charge in [0.05, 0.1) is 6.61 Å². The topological polar surface area (TPSA) is 54.1 Å². The Hall–Kier alpha value is -2.75. The first-order valence-electron chi connectivity index (χ1n) is 7.30. The van der Waals surface area contributed by atoms with Crippen molar-refractivity contribution in [3.63, 3.8) is 0 Å². The van der Waals surface area contributed by atoms with Crippen LogP contribution in [0.2, 0.25) is 0 Å². The smallest absolute Gasteiger partial charge is 0.272 e. The van der Waals surface area contributed by atoms with Gasteiger partial charge in [0.25, 0.3) is 5.91 Å². The van der Waals surface area contributed by atoms with Crippen LogP contribution in [0.15, 0.2) is 48.5 Å². The Morgan fingerprint density at radius 3 is 2.55 bits per heavy atom. The van der Waals surface area contributed by atoms with Gasteiger partial charge in [-0.05, 0) is 49.7 Å². The summed E-state index contributed by atoms with van der Waals surface area (Å²) in [4.78, 5) is 15.6. The maximum Gasteiger partial charge on any atom is 0.272 e. The normalized spacial score (nSPS) is 10.6. The minimum Gasteiger partial charge on any atom is -0.494 e. The molecule has 0 saturated heterocycles. The van der Waals surface area contributed by atoms with Crippen molar-refractivity contribution in [1.82, 2.24) is 4.98 Å². The van der Waals surface area contributed by atoms with Crippen LogP contribution in [0.3, 0.4) is 0 Å². The second-order valence-electron chi connectivity index (χ2n) is 5.08. The molecule has 22 heavy (non-hydrogen) atoms. The second-order valence-corrected chi connectivity index (χ2v) is 5.08. The lowest BCUT2D eigenvalue weighted by Crippen LogP contribution is -2.13. The van der Waals surface area contributed by atoms with E-state index < -0.39 is 0 Å². The summed E-state index contributed by atoms with van der Waals surface area (Å²) < 4.78 is 5.39. The van der Waals surface area contributed by atoms with E-state index >= 15 is 0 Å². The first-order valence-corrected chi connectivity index (χ1v) is 7.30. The summed E-state index contributed by atoms with van der Waals surface area (Å²) in [5, 5.41) is 3.97. The predicted octanol–water partition coefficient (Wildman–Crippen LogP) is 4.13. The molecular weight excluding hydrogens is 276 g/mol. The van der Waals surface area contributed by atoms with Crippen LogP contribution in [-0.2, 0) is 0 Å². The van der Waals surface area contributed by atoms with Crippen molar-refractivity contribution < 1.29 is 9.53 Å². The van der Waals surface area contributed by atoms with Crippen molar-refractivity contribution in [1.29, 1.82) is 0 Å². The van der Waals surface area contributed by atoms with Crippen LogP contribution in [0.25, 0.3) is 10.9 Å². The quantitative estimate of drug-likeness (QED) is 0.760. The van der Waals surface area contributed by atoms with E-state index in [1.54, 1.807) is 0 Å². The van der Waals surface area contributed by atoms with E-state index in [2.05, 4.69) is 10.3 Å². The summed E-state index contributed by atoms with van der Waals surface area (Å²) in [6.45, 7) is 4.51. The van der Waals surface area contributed by atoms with Gasteiger partial charge in [0.15, 0.2) is 0 Å². The standard InChI is InChI=1S/C18H18N2O2/c1-3-22-14-10-8-13(9-11-14)19-18(21)17-12(2)15-6-4-5-7-16(15)20-17/h4-11,20H,3H2,1-2H3,(H,19,21). The molecule has 0 aliphatic carbocycles. The van der Waals surface area contributed by atoms with E-state index in [0.717, 1.165) is 27.9 Å². The Labute approximate surface area is 129 Å². The van der Waals surface area contributed by atoms with Gasteiger partial charge in [-0.15, -0.1) is 0 Å². The number of fused-ring (bicyclic) bond motifs is 1. The fraction of sp³-hybridized carbons (Fsp3) is 0.167. The molecule has 0 aliphatic rings. The van der Waals surface area contributed by atoms with Crippen LogP contribution in [0.1, 0.15) is 23.0 Å².